The van der Waals surface area contributed by atoms with Crippen LogP contribution in [0.1, 0.15) is 30.6 Å². The predicted molar refractivity (Wildman–Crippen MR) is 81.3 cm³/mol. The Balaban J connectivity index is 2.09. The second-order valence-corrected chi connectivity index (χ2v) is 5.90. The van der Waals surface area contributed by atoms with E-state index in [1.54, 1.807) is 0 Å². The topological polar surface area (TPSA) is 55.6 Å². The lowest BCUT2D eigenvalue weighted by Gasteiger charge is -2.29. The monoisotopic (exact) mass is 276 g/mol. The summed E-state index contributed by atoms with van der Waals surface area (Å²) in [7, 11) is 0. The van der Waals surface area contributed by atoms with Crippen molar-refractivity contribution in [1.29, 1.82) is 0 Å². The fraction of sp³-hybridized carbons (Fsp3) is 0.562. The van der Waals surface area contributed by atoms with Gasteiger partial charge < -0.3 is 15.4 Å². The number of nitrogens with zero attached hydrogens (tertiary/aromatic N) is 1. The Labute approximate surface area is 120 Å². The Morgan fingerprint density at radius 3 is 2.40 bits per heavy atom. The van der Waals surface area contributed by atoms with Gasteiger partial charge in [-0.25, -0.2) is 0 Å². The van der Waals surface area contributed by atoms with Crippen LogP contribution in [0.4, 0.5) is 5.69 Å². The number of nitrogens with two attached hydrogens (primary N) is 1. The van der Waals surface area contributed by atoms with Gasteiger partial charge in [-0.15, -0.1) is 0 Å². The number of hydrogen-bond donors (Lipinski definition) is 1. The Kier molecular flexibility index (Phi) is 4.78. The van der Waals surface area contributed by atoms with Crippen LogP contribution in [0.2, 0.25) is 0 Å². The van der Waals surface area contributed by atoms with Crippen molar-refractivity contribution in [2.24, 2.45) is 11.1 Å². The Hall–Kier alpha value is -1.39. The number of ether oxygens (including phenoxy) is 1. The van der Waals surface area contributed by atoms with Gasteiger partial charge in [0.1, 0.15) is 0 Å². The molecule has 4 nitrogen and oxygen atoms in total. The van der Waals surface area contributed by atoms with Crippen molar-refractivity contribution >= 4 is 11.5 Å². The van der Waals surface area contributed by atoms with Gasteiger partial charge in [0.25, 0.3) is 0 Å². The summed E-state index contributed by atoms with van der Waals surface area (Å²) in [6.07, 6.45) is 0.705. The summed E-state index contributed by atoms with van der Waals surface area (Å²) in [4.78, 5) is 14.7. The average Bonchev–Trinajstić information content (AvgIpc) is 2.47. The minimum atomic E-state index is -0.394. The molecule has 0 saturated carbocycles. The van der Waals surface area contributed by atoms with Crippen molar-refractivity contribution in [2.75, 3.05) is 37.7 Å². The van der Waals surface area contributed by atoms with Crippen molar-refractivity contribution in [3.63, 3.8) is 0 Å². The molecule has 20 heavy (non-hydrogen) atoms. The third-order valence-electron chi connectivity index (χ3n) is 3.89. The van der Waals surface area contributed by atoms with E-state index in [1.165, 1.54) is 0 Å². The molecule has 1 fully saturated rings. The van der Waals surface area contributed by atoms with Crippen LogP contribution in [0.5, 0.6) is 0 Å². The van der Waals surface area contributed by atoms with Gasteiger partial charge in [0.15, 0.2) is 5.78 Å². The highest BCUT2D eigenvalue weighted by molar-refractivity contribution is 6.00. The van der Waals surface area contributed by atoms with Crippen molar-refractivity contribution in [3.05, 3.63) is 29.8 Å². The number of carbonyl (C=O) groups excluding carboxylic acids is 1. The van der Waals surface area contributed by atoms with Gasteiger partial charge in [-0.3, -0.25) is 4.79 Å². The van der Waals surface area contributed by atoms with E-state index in [2.05, 4.69) is 4.90 Å². The van der Waals surface area contributed by atoms with Gasteiger partial charge in [0.05, 0.1) is 13.2 Å². The van der Waals surface area contributed by atoms with Crippen molar-refractivity contribution in [2.45, 2.75) is 20.3 Å². The van der Waals surface area contributed by atoms with Crippen LogP contribution in [0.3, 0.4) is 0 Å². The molecule has 0 bridgehead atoms. The Morgan fingerprint density at radius 2 is 1.85 bits per heavy atom. The van der Waals surface area contributed by atoms with E-state index in [9.17, 15) is 4.79 Å². The predicted octanol–water partition coefficient (Wildman–Crippen LogP) is 2.08. The first kappa shape index (κ1) is 15.0. The highest BCUT2D eigenvalue weighted by Crippen LogP contribution is 2.26. The number of hydrogen-bond acceptors (Lipinski definition) is 4. The Morgan fingerprint density at radius 1 is 1.25 bits per heavy atom. The number of benzene rings is 1. The molecule has 1 heterocycles. The second kappa shape index (κ2) is 6.37. The van der Waals surface area contributed by atoms with Crippen molar-refractivity contribution < 1.29 is 9.53 Å². The highest BCUT2D eigenvalue weighted by Gasteiger charge is 2.27. The summed E-state index contributed by atoms with van der Waals surface area (Å²) in [5.41, 5.74) is 7.11. The second-order valence-electron chi connectivity index (χ2n) is 5.90. The number of anilines is 1. The molecule has 0 atom stereocenters. The first-order valence-electron chi connectivity index (χ1n) is 7.22. The quantitative estimate of drug-likeness (QED) is 0.837. The van der Waals surface area contributed by atoms with E-state index in [1.807, 2.05) is 38.1 Å². The highest BCUT2D eigenvalue weighted by atomic mass is 16.5. The van der Waals surface area contributed by atoms with Crippen LogP contribution in [0.15, 0.2) is 24.3 Å². The summed E-state index contributed by atoms with van der Waals surface area (Å²) in [5, 5.41) is 0. The fourth-order valence-corrected chi connectivity index (χ4v) is 2.51. The maximum atomic E-state index is 12.5. The molecular weight excluding hydrogens is 252 g/mol. The van der Waals surface area contributed by atoms with E-state index < -0.39 is 5.41 Å². The molecule has 1 saturated heterocycles. The fourth-order valence-electron chi connectivity index (χ4n) is 2.51. The molecule has 110 valence electrons. The zero-order valence-electron chi connectivity index (χ0n) is 12.4. The van der Waals surface area contributed by atoms with Crippen LogP contribution >= 0.6 is 0 Å². The molecule has 1 aliphatic rings. The summed E-state index contributed by atoms with van der Waals surface area (Å²) < 4.78 is 5.35. The third-order valence-corrected chi connectivity index (χ3v) is 3.89. The summed E-state index contributed by atoms with van der Waals surface area (Å²) in [5.74, 6) is 0.163. The van der Waals surface area contributed by atoms with Crippen LogP contribution in [0.25, 0.3) is 0 Å². The molecule has 1 aliphatic heterocycles. The zero-order valence-corrected chi connectivity index (χ0v) is 12.4. The zero-order chi connectivity index (χ0) is 14.6. The normalized spacial score (nSPS) is 16.2. The lowest BCUT2D eigenvalue weighted by Crippen LogP contribution is -2.36. The van der Waals surface area contributed by atoms with Gasteiger partial charge in [-0.1, -0.05) is 13.8 Å². The van der Waals surface area contributed by atoms with E-state index in [0.717, 1.165) is 37.6 Å². The van der Waals surface area contributed by atoms with Crippen LogP contribution in [0, 0.1) is 5.41 Å². The third kappa shape index (κ3) is 3.38. The number of carbonyl (C=O) groups is 1. The number of rotatable bonds is 5. The largest absolute Gasteiger partial charge is 0.378 e. The molecule has 0 amide bonds. The maximum absolute atomic E-state index is 12.5. The molecule has 0 aliphatic carbocycles. The molecule has 0 aromatic heterocycles. The Bertz CT molecular complexity index is 448. The smallest absolute Gasteiger partial charge is 0.168 e. The molecule has 0 spiro atoms. The summed E-state index contributed by atoms with van der Waals surface area (Å²) in [6, 6.07) is 7.89. The van der Waals surface area contributed by atoms with Crippen molar-refractivity contribution in [3.8, 4) is 0 Å². The SMILES string of the molecule is CC(C)(CCN)C(=O)c1ccc(N2CCOCC2)cc1. The van der Waals surface area contributed by atoms with Gasteiger partial charge in [-0.2, -0.15) is 0 Å². The molecule has 1 aromatic rings. The first-order valence-corrected chi connectivity index (χ1v) is 7.22. The summed E-state index contributed by atoms with van der Waals surface area (Å²) in [6.45, 7) is 7.80. The number of morpholine rings is 1. The molecule has 4 heteroatoms. The van der Waals surface area contributed by atoms with E-state index in [4.69, 9.17) is 10.5 Å². The van der Waals surface area contributed by atoms with Crippen LogP contribution < -0.4 is 10.6 Å². The van der Waals surface area contributed by atoms with Crippen molar-refractivity contribution in [1.82, 2.24) is 0 Å². The van der Waals surface area contributed by atoms with Gasteiger partial charge in [0.2, 0.25) is 0 Å². The lowest BCUT2D eigenvalue weighted by molar-refractivity contribution is 0.0829. The van der Waals surface area contributed by atoms with Gasteiger partial charge in [-0.05, 0) is 37.2 Å². The summed E-state index contributed by atoms with van der Waals surface area (Å²) >= 11 is 0. The number of Topliss-reactive ketones (excluding diaryl/α,β-unsaturated/α-hetero) is 1. The molecular formula is C16H24N2O2. The minimum absolute atomic E-state index is 0.163. The van der Waals surface area contributed by atoms with Gasteiger partial charge in [0, 0.05) is 29.8 Å². The molecule has 2 N–H and O–H groups in total. The van der Waals surface area contributed by atoms with Crippen LogP contribution in [-0.2, 0) is 4.74 Å². The molecule has 2 rings (SSSR count). The first-order chi connectivity index (χ1) is 9.54. The average molecular weight is 276 g/mol. The molecule has 0 radical (unpaired) electrons. The van der Waals surface area contributed by atoms with Gasteiger partial charge >= 0.3 is 0 Å². The van der Waals surface area contributed by atoms with Crippen LogP contribution in [-0.4, -0.2) is 38.6 Å². The minimum Gasteiger partial charge on any atom is -0.378 e. The van der Waals surface area contributed by atoms with E-state index in [0.29, 0.717) is 13.0 Å². The molecule has 0 unspecified atom stereocenters. The van der Waals surface area contributed by atoms with E-state index >= 15 is 0 Å². The lowest BCUT2D eigenvalue weighted by atomic mass is 9.81. The molecule has 1 aromatic carbocycles. The maximum Gasteiger partial charge on any atom is 0.168 e. The number of ketones is 1. The standard InChI is InChI=1S/C16H24N2O2/c1-16(2,7-8-17)15(19)13-3-5-14(6-4-13)18-9-11-20-12-10-18/h3-6H,7-12,17H2,1-2H3. The van der Waals surface area contributed by atoms with E-state index in [-0.39, 0.29) is 5.78 Å².